The smallest absolute Gasteiger partial charge is 0.141 e. The minimum absolute atomic E-state index is 0.663. The molecule has 2 heterocycles. The van der Waals surface area contributed by atoms with Crippen molar-refractivity contribution >= 4 is 0 Å². The maximum Gasteiger partial charge on any atom is 0.141 e. The van der Waals surface area contributed by atoms with Crippen LogP contribution in [0.5, 0.6) is 0 Å². The van der Waals surface area contributed by atoms with Crippen LogP contribution in [0.1, 0.15) is 17.2 Å². The van der Waals surface area contributed by atoms with Crippen molar-refractivity contribution in [2.45, 2.75) is 20.0 Å². The van der Waals surface area contributed by atoms with Gasteiger partial charge in [-0.05, 0) is 25.1 Å². The van der Waals surface area contributed by atoms with Crippen LogP contribution < -0.4 is 5.32 Å². The highest BCUT2D eigenvalue weighted by Crippen LogP contribution is 1.97. The summed E-state index contributed by atoms with van der Waals surface area (Å²) in [4.78, 5) is 12.7. The quantitative estimate of drug-likeness (QED) is 0.837. The molecular weight excluding hydrogens is 200 g/mol. The van der Waals surface area contributed by atoms with Crippen LogP contribution in [0.2, 0.25) is 0 Å². The van der Waals surface area contributed by atoms with Gasteiger partial charge in [-0.2, -0.15) is 0 Å². The second-order valence-electron chi connectivity index (χ2n) is 3.54. The minimum Gasteiger partial charge on any atom is -0.304 e. The average molecular weight is 214 g/mol. The highest BCUT2D eigenvalue weighted by molar-refractivity contribution is 5.09. The van der Waals surface area contributed by atoms with E-state index in [9.17, 15) is 0 Å². The highest BCUT2D eigenvalue weighted by Gasteiger charge is 1.96. The van der Waals surface area contributed by atoms with E-state index in [1.807, 2.05) is 31.2 Å². The van der Waals surface area contributed by atoms with Gasteiger partial charge in [0.05, 0.1) is 12.2 Å². The monoisotopic (exact) mass is 214 g/mol. The lowest BCUT2D eigenvalue weighted by molar-refractivity contribution is 0.650. The molecule has 0 aliphatic carbocycles. The number of rotatable bonds is 4. The van der Waals surface area contributed by atoms with Crippen molar-refractivity contribution in [3.8, 4) is 0 Å². The van der Waals surface area contributed by atoms with Gasteiger partial charge in [0.15, 0.2) is 0 Å². The van der Waals surface area contributed by atoms with Gasteiger partial charge in [-0.3, -0.25) is 4.98 Å². The van der Waals surface area contributed by atoms with Crippen LogP contribution in [0.25, 0.3) is 0 Å². The van der Waals surface area contributed by atoms with Gasteiger partial charge < -0.3 is 5.32 Å². The first-order chi connectivity index (χ1) is 7.84. The predicted molar refractivity (Wildman–Crippen MR) is 61.5 cm³/mol. The van der Waals surface area contributed by atoms with Crippen molar-refractivity contribution in [3.05, 3.63) is 53.9 Å². The summed E-state index contributed by atoms with van der Waals surface area (Å²) in [6.07, 6.45) is 3.49. The Morgan fingerprint density at radius 2 is 1.88 bits per heavy atom. The second-order valence-corrected chi connectivity index (χ2v) is 3.54. The standard InChI is InChI=1S/C12H14N4/c1-10-4-2-5-11(16-10)8-13-9-12-14-6-3-7-15-12/h2-7,13H,8-9H2,1H3. The van der Waals surface area contributed by atoms with Gasteiger partial charge in [0, 0.05) is 24.6 Å². The molecule has 0 radical (unpaired) electrons. The fourth-order valence-corrected chi connectivity index (χ4v) is 1.42. The number of hydrogen-bond acceptors (Lipinski definition) is 4. The molecule has 0 aliphatic rings. The maximum atomic E-state index is 4.40. The van der Waals surface area contributed by atoms with Crippen LogP contribution in [-0.4, -0.2) is 15.0 Å². The molecule has 0 amide bonds. The van der Waals surface area contributed by atoms with Crippen molar-refractivity contribution in [2.75, 3.05) is 0 Å². The van der Waals surface area contributed by atoms with Crippen molar-refractivity contribution in [1.29, 1.82) is 0 Å². The van der Waals surface area contributed by atoms with E-state index >= 15 is 0 Å². The van der Waals surface area contributed by atoms with Gasteiger partial charge in [-0.25, -0.2) is 9.97 Å². The lowest BCUT2D eigenvalue weighted by atomic mass is 10.3. The van der Waals surface area contributed by atoms with Crippen LogP contribution in [-0.2, 0) is 13.1 Å². The van der Waals surface area contributed by atoms with E-state index in [1.54, 1.807) is 12.4 Å². The Hall–Kier alpha value is -1.81. The summed E-state index contributed by atoms with van der Waals surface area (Å²) in [6, 6.07) is 7.82. The number of aryl methyl sites for hydroxylation is 1. The van der Waals surface area contributed by atoms with E-state index in [-0.39, 0.29) is 0 Å². The largest absolute Gasteiger partial charge is 0.304 e. The van der Waals surface area contributed by atoms with E-state index in [0.717, 1.165) is 23.8 Å². The molecular formula is C12H14N4. The van der Waals surface area contributed by atoms with Crippen LogP contribution in [0.3, 0.4) is 0 Å². The molecule has 1 N–H and O–H groups in total. The molecule has 2 aromatic heterocycles. The number of nitrogens with zero attached hydrogens (tertiary/aromatic N) is 3. The normalized spacial score (nSPS) is 10.3. The molecule has 0 saturated carbocycles. The Balaban J connectivity index is 1.85. The molecule has 0 spiro atoms. The molecule has 2 aromatic rings. The summed E-state index contributed by atoms with van der Waals surface area (Å²) in [5.41, 5.74) is 2.08. The molecule has 4 nitrogen and oxygen atoms in total. The molecule has 0 fully saturated rings. The molecule has 0 atom stereocenters. The summed E-state index contributed by atoms with van der Waals surface area (Å²) in [6.45, 7) is 3.39. The number of nitrogens with one attached hydrogen (secondary N) is 1. The fourth-order valence-electron chi connectivity index (χ4n) is 1.42. The summed E-state index contributed by atoms with van der Waals surface area (Å²) in [5.74, 6) is 0.801. The number of aromatic nitrogens is 3. The first-order valence-corrected chi connectivity index (χ1v) is 5.24. The molecule has 0 bridgehead atoms. The average Bonchev–Trinajstić information content (AvgIpc) is 2.30. The SMILES string of the molecule is Cc1cccc(CNCc2ncccn2)n1. The minimum atomic E-state index is 0.663. The Morgan fingerprint density at radius 3 is 2.62 bits per heavy atom. The third kappa shape index (κ3) is 3.10. The zero-order chi connectivity index (χ0) is 11.2. The van der Waals surface area contributed by atoms with Crippen LogP contribution in [0, 0.1) is 6.92 Å². The van der Waals surface area contributed by atoms with E-state index in [0.29, 0.717) is 6.54 Å². The predicted octanol–water partition coefficient (Wildman–Crippen LogP) is 1.47. The summed E-state index contributed by atoms with van der Waals surface area (Å²) >= 11 is 0. The molecule has 0 aromatic carbocycles. The lowest BCUT2D eigenvalue weighted by Crippen LogP contribution is -2.15. The first kappa shape index (κ1) is 10.7. The maximum absolute atomic E-state index is 4.40. The molecule has 16 heavy (non-hydrogen) atoms. The van der Waals surface area contributed by atoms with Crippen molar-refractivity contribution < 1.29 is 0 Å². The third-order valence-electron chi connectivity index (χ3n) is 2.15. The molecule has 0 unspecified atom stereocenters. The molecule has 82 valence electrons. The topological polar surface area (TPSA) is 50.7 Å². The van der Waals surface area contributed by atoms with Gasteiger partial charge in [-0.1, -0.05) is 6.07 Å². The first-order valence-electron chi connectivity index (χ1n) is 5.24. The summed E-state index contributed by atoms with van der Waals surface area (Å²) in [5, 5.41) is 3.26. The number of hydrogen-bond donors (Lipinski definition) is 1. The van der Waals surface area contributed by atoms with E-state index in [2.05, 4.69) is 20.3 Å². The fraction of sp³-hybridized carbons (Fsp3) is 0.250. The van der Waals surface area contributed by atoms with E-state index in [1.165, 1.54) is 0 Å². The van der Waals surface area contributed by atoms with Gasteiger partial charge in [0.2, 0.25) is 0 Å². The van der Waals surface area contributed by atoms with Crippen LogP contribution >= 0.6 is 0 Å². The van der Waals surface area contributed by atoms with Crippen molar-refractivity contribution in [3.63, 3.8) is 0 Å². The van der Waals surface area contributed by atoms with Crippen LogP contribution in [0.4, 0.5) is 0 Å². The Labute approximate surface area is 94.8 Å². The van der Waals surface area contributed by atoms with Gasteiger partial charge >= 0.3 is 0 Å². The Bertz CT molecular complexity index is 442. The zero-order valence-corrected chi connectivity index (χ0v) is 9.22. The molecule has 4 heteroatoms. The van der Waals surface area contributed by atoms with Gasteiger partial charge in [0.1, 0.15) is 5.82 Å². The van der Waals surface area contributed by atoms with E-state index in [4.69, 9.17) is 0 Å². The summed E-state index contributed by atoms with van der Waals surface area (Å²) in [7, 11) is 0. The lowest BCUT2D eigenvalue weighted by Gasteiger charge is -2.03. The molecule has 2 rings (SSSR count). The third-order valence-corrected chi connectivity index (χ3v) is 2.15. The Morgan fingerprint density at radius 1 is 1.06 bits per heavy atom. The van der Waals surface area contributed by atoms with Gasteiger partial charge in [0.25, 0.3) is 0 Å². The molecule has 0 aliphatic heterocycles. The van der Waals surface area contributed by atoms with Crippen molar-refractivity contribution in [2.24, 2.45) is 0 Å². The molecule has 0 saturated heterocycles. The summed E-state index contributed by atoms with van der Waals surface area (Å²) < 4.78 is 0. The van der Waals surface area contributed by atoms with Crippen LogP contribution in [0.15, 0.2) is 36.7 Å². The van der Waals surface area contributed by atoms with Gasteiger partial charge in [-0.15, -0.1) is 0 Å². The zero-order valence-electron chi connectivity index (χ0n) is 9.22. The highest BCUT2D eigenvalue weighted by atomic mass is 15.0. The van der Waals surface area contributed by atoms with E-state index < -0.39 is 0 Å². The number of pyridine rings is 1. The second kappa shape index (κ2) is 5.32. The Kier molecular flexibility index (Phi) is 3.56. The van der Waals surface area contributed by atoms with Crippen molar-refractivity contribution in [1.82, 2.24) is 20.3 Å².